The Morgan fingerprint density at radius 2 is 1.32 bits per heavy atom. The Labute approximate surface area is 221 Å². The number of nitrogens with one attached hydrogen (secondary N) is 2. The van der Waals surface area contributed by atoms with Gasteiger partial charge in [0.1, 0.15) is 6.61 Å². The second-order valence-corrected chi connectivity index (χ2v) is 9.10. The number of hydrogen-bond acceptors (Lipinski definition) is 4. The second kappa shape index (κ2) is 11.4. The van der Waals surface area contributed by atoms with Crippen LogP contribution in [0.15, 0.2) is 109 Å². The molecule has 0 aromatic heterocycles. The number of rotatable bonds is 8. The molecule has 190 valence electrons. The van der Waals surface area contributed by atoms with Crippen molar-refractivity contribution in [3.05, 3.63) is 131 Å². The van der Waals surface area contributed by atoms with E-state index in [0.29, 0.717) is 42.1 Å². The summed E-state index contributed by atoms with van der Waals surface area (Å²) in [5.41, 5.74) is 4.21. The van der Waals surface area contributed by atoms with Crippen molar-refractivity contribution in [3.8, 4) is 0 Å². The van der Waals surface area contributed by atoms with Crippen molar-refractivity contribution < 1.29 is 19.1 Å². The third-order valence-corrected chi connectivity index (χ3v) is 6.37. The van der Waals surface area contributed by atoms with Gasteiger partial charge in [-0.3, -0.25) is 14.5 Å². The molecule has 1 saturated heterocycles. The number of benzene rings is 4. The molecule has 1 heterocycles. The van der Waals surface area contributed by atoms with Gasteiger partial charge < -0.3 is 15.4 Å². The van der Waals surface area contributed by atoms with E-state index in [-0.39, 0.29) is 23.9 Å². The molecule has 38 heavy (non-hydrogen) atoms. The Morgan fingerprint density at radius 3 is 2.03 bits per heavy atom. The normalized spacial score (nSPS) is 14.6. The highest BCUT2D eigenvalue weighted by Gasteiger charge is 2.33. The van der Waals surface area contributed by atoms with Crippen LogP contribution >= 0.6 is 0 Å². The SMILES string of the molecule is O=C(Nc1ccccc1)c1ccc(NC(=O)c2cccc(CN3C(=O)OC[C@H]3Cc3ccccc3)c2)cc1. The fraction of sp³-hybridized carbons (Fsp3) is 0.129. The predicted octanol–water partition coefficient (Wildman–Crippen LogP) is 5.75. The Morgan fingerprint density at radius 1 is 0.711 bits per heavy atom. The molecule has 0 saturated carbocycles. The van der Waals surface area contributed by atoms with Crippen molar-refractivity contribution in [2.24, 2.45) is 0 Å². The molecule has 0 unspecified atom stereocenters. The summed E-state index contributed by atoms with van der Waals surface area (Å²) < 4.78 is 5.32. The van der Waals surface area contributed by atoms with Gasteiger partial charge in [-0.1, -0.05) is 60.7 Å². The lowest BCUT2D eigenvalue weighted by Gasteiger charge is -2.22. The molecule has 5 rings (SSSR count). The number of cyclic esters (lactones) is 1. The van der Waals surface area contributed by atoms with Crippen molar-refractivity contribution in [2.45, 2.75) is 19.0 Å². The zero-order valence-electron chi connectivity index (χ0n) is 20.7. The fourth-order valence-electron chi connectivity index (χ4n) is 4.38. The Hall–Kier alpha value is -4.91. The molecule has 2 N–H and O–H groups in total. The van der Waals surface area contributed by atoms with Crippen LogP contribution in [0.4, 0.5) is 16.2 Å². The molecular weight excluding hydrogens is 478 g/mol. The van der Waals surface area contributed by atoms with Crippen LogP contribution in [0.1, 0.15) is 31.8 Å². The maximum atomic E-state index is 12.9. The van der Waals surface area contributed by atoms with Crippen molar-refractivity contribution in [1.29, 1.82) is 0 Å². The first kappa shape index (κ1) is 24.8. The third-order valence-electron chi connectivity index (χ3n) is 6.37. The summed E-state index contributed by atoms with van der Waals surface area (Å²) in [4.78, 5) is 39.5. The molecule has 1 aliphatic heterocycles. The summed E-state index contributed by atoms with van der Waals surface area (Å²) in [6.45, 7) is 0.690. The van der Waals surface area contributed by atoms with Gasteiger partial charge in [0, 0.05) is 29.0 Å². The average Bonchev–Trinajstić information content (AvgIpc) is 3.28. The molecular formula is C31H27N3O4. The molecule has 4 aromatic rings. The highest BCUT2D eigenvalue weighted by atomic mass is 16.6. The smallest absolute Gasteiger partial charge is 0.410 e. The number of carbonyl (C=O) groups is 3. The number of anilines is 2. The standard InChI is InChI=1S/C31H27N3O4/c35-29(32-26-12-5-2-6-13-26)24-14-16-27(17-15-24)33-30(36)25-11-7-10-23(18-25)20-34-28(21-38-31(34)37)19-22-8-3-1-4-9-22/h1-18,28H,19-21H2,(H,32,35)(H,33,36)/t28-/m1/s1. The monoisotopic (exact) mass is 505 g/mol. The lowest BCUT2D eigenvalue weighted by atomic mass is 10.0. The van der Waals surface area contributed by atoms with E-state index in [2.05, 4.69) is 10.6 Å². The van der Waals surface area contributed by atoms with Crippen LogP contribution in [-0.2, 0) is 17.7 Å². The van der Waals surface area contributed by atoms with E-state index in [9.17, 15) is 14.4 Å². The summed E-state index contributed by atoms with van der Waals surface area (Å²) >= 11 is 0. The summed E-state index contributed by atoms with van der Waals surface area (Å²) in [5, 5.41) is 5.71. The molecule has 1 aliphatic rings. The lowest BCUT2D eigenvalue weighted by Crippen LogP contribution is -2.34. The first-order chi connectivity index (χ1) is 18.5. The summed E-state index contributed by atoms with van der Waals surface area (Å²) in [5.74, 6) is -0.508. The van der Waals surface area contributed by atoms with Crippen LogP contribution < -0.4 is 10.6 Å². The van der Waals surface area contributed by atoms with Gasteiger partial charge in [-0.05, 0) is 66.1 Å². The number of para-hydroxylation sites is 1. The molecule has 0 aliphatic carbocycles. The fourth-order valence-corrected chi connectivity index (χ4v) is 4.38. The van der Waals surface area contributed by atoms with E-state index in [1.165, 1.54) is 0 Å². The minimum absolute atomic E-state index is 0.0695. The Balaban J connectivity index is 1.21. The third kappa shape index (κ3) is 6.07. The van der Waals surface area contributed by atoms with Gasteiger partial charge in [-0.25, -0.2) is 4.79 Å². The minimum Gasteiger partial charge on any atom is -0.447 e. The maximum absolute atomic E-state index is 12.9. The number of ether oxygens (including phenoxy) is 1. The van der Waals surface area contributed by atoms with Gasteiger partial charge >= 0.3 is 6.09 Å². The van der Waals surface area contributed by atoms with Crippen molar-refractivity contribution in [3.63, 3.8) is 0 Å². The molecule has 7 heteroatoms. The number of carbonyl (C=O) groups excluding carboxylic acids is 3. The van der Waals surface area contributed by atoms with Crippen LogP contribution in [0.5, 0.6) is 0 Å². The number of amides is 3. The van der Waals surface area contributed by atoms with Crippen LogP contribution in [0.3, 0.4) is 0 Å². The number of hydrogen-bond donors (Lipinski definition) is 2. The molecule has 0 radical (unpaired) electrons. The van der Waals surface area contributed by atoms with Gasteiger partial charge in [0.15, 0.2) is 0 Å². The molecule has 3 amide bonds. The van der Waals surface area contributed by atoms with Crippen LogP contribution in [0.2, 0.25) is 0 Å². The highest BCUT2D eigenvalue weighted by molar-refractivity contribution is 6.06. The minimum atomic E-state index is -0.350. The maximum Gasteiger partial charge on any atom is 0.410 e. The van der Waals surface area contributed by atoms with Crippen molar-refractivity contribution in [1.82, 2.24) is 4.90 Å². The average molecular weight is 506 g/mol. The quantitative estimate of drug-likeness (QED) is 0.319. The largest absolute Gasteiger partial charge is 0.447 e. The molecule has 1 fully saturated rings. The van der Waals surface area contributed by atoms with Gasteiger partial charge in [-0.15, -0.1) is 0 Å². The molecule has 0 spiro atoms. The summed E-state index contributed by atoms with van der Waals surface area (Å²) in [7, 11) is 0. The van der Waals surface area contributed by atoms with Crippen molar-refractivity contribution >= 4 is 29.3 Å². The predicted molar refractivity (Wildman–Crippen MR) is 146 cm³/mol. The van der Waals surface area contributed by atoms with E-state index >= 15 is 0 Å². The van der Waals surface area contributed by atoms with E-state index in [0.717, 1.165) is 11.1 Å². The van der Waals surface area contributed by atoms with Gasteiger partial charge in [0.25, 0.3) is 11.8 Å². The van der Waals surface area contributed by atoms with E-state index < -0.39 is 0 Å². The summed E-state index contributed by atoms with van der Waals surface area (Å²) in [6, 6.07) is 33.0. The molecule has 1 atom stereocenters. The van der Waals surface area contributed by atoms with Crippen LogP contribution in [0, 0.1) is 0 Å². The molecule has 4 aromatic carbocycles. The second-order valence-electron chi connectivity index (χ2n) is 9.10. The van der Waals surface area contributed by atoms with Crippen LogP contribution in [-0.4, -0.2) is 35.5 Å². The Bertz CT molecular complexity index is 1420. The van der Waals surface area contributed by atoms with E-state index in [4.69, 9.17) is 4.74 Å². The highest BCUT2D eigenvalue weighted by Crippen LogP contribution is 2.21. The van der Waals surface area contributed by atoms with Gasteiger partial charge in [0.05, 0.1) is 6.04 Å². The van der Waals surface area contributed by atoms with Crippen LogP contribution in [0.25, 0.3) is 0 Å². The zero-order chi connectivity index (χ0) is 26.3. The number of nitrogens with zero attached hydrogens (tertiary/aromatic N) is 1. The first-order valence-electron chi connectivity index (χ1n) is 12.4. The van der Waals surface area contributed by atoms with E-state index in [1.807, 2.05) is 66.7 Å². The van der Waals surface area contributed by atoms with Gasteiger partial charge in [0.2, 0.25) is 0 Å². The molecule has 0 bridgehead atoms. The van der Waals surface area contributed by atoms with Crippen molar-refractivity contribution in [2.75, 3.05) is 17.2 Å². The first-order valence-corrected chi connectivity index (χ1v) is 12.4. The topological polar surface area (TPSA) is 87.7 Å². The molecule has 7 nitrogen and oxygen atoms in total. The van der Waals surface area contributed by atoms with E-state index in [1.54, 1.807) is 47.4 Å². The zero-order valence-corrected chi connectivity index (χ0v) is 20.7. The lowest BCUT2D eigenvalue weighted by molar-refractivity contribution is 0.102. The van der Waals surface area contributed by atoms with Gasteiger partial charge in [-0.2, -0.15) is 0 Å². The Kier molecular flexibility index (Phi) is 7.45. The summed E-state index contributed by atoms with van der Waals surface area (Å²) in [6.07, 6.45) is 0.351.